The van der Waals surface area contributed by atoms with Crippen LogP contribution in [0.5, 0.6) is 11.5 Å². The van der Waals surface area contributed by atoms with Crippen molar-refractivity contribution in [2.45, 2.75) is 64.8 Å². The van der Waals surface area contributed by atoms with Gasteiger partial charge in [0.15, 0.2) is 22.4 Å². The first kappa shape index (κ1) is 21.6. The second kappa shape index (κ2) is 10.1. The van der Waals surface area contributed by atoms with Gasteiger partial charge < -0.3 is 19.7 Å². The highest BCUT2D eigenvalue weighted by Gasteiger charge is 2.36. The smallest absolute Gasteiger partial charge is 0.173 e. The van der Waals surface area contributed by atoms with E-state index in [0.717, 1.165) is 48.4 Å². The normalized spacial score (nSPS) is 19.1. The van der Waals surface area contributed by atoms with Gasteiger partial charge in [0.05, 0.1) is 19.8 Å². The van der Waals surface area contributed by atoms with Gasteiger partial charge in [0.1, 0.15) is 0 Å². The number of carbonyl (C=O) groups is 1. The molecular weight excluding hydrogens is 384 g/mol. The standard InChI is InChI=1S/C23H32N2O3S/c1-4-6-7-8-14-28-19-13-12-16(15-20(19)27-3)22-21-17(10-9-11-18(21)26)25(5-2)23(29)24-22/h12-13,15,22H,4-11,14H2,1-3H3,(H,24,29). The lowest BCUT2D eigenvalue weighted by atomic mass is 9.84. The van der Waals surface area contributed by atoms with Crippen LogP contribution in [-0.4, -0.2) is 36.1 Å². The Balaban J connectivity index is 1.85. The maximum Gasteiger partial charge on any atom is 0.173 e. The van der Waals surface area contributed by atoms with E-state index in [-0.39, 0.29) is 11.8 Å². The van der Waals surface area contributed by atoms with Gasteiger partial charge in [-0.15, -0.1) is 0 Å². The SMILES string of the molecule is CCCCCCOc1ccc(C2NC(=S)N(CC)C3=C2C(=O)CCC3)cc1OC. The molecule has 1 unspecified atom stereocenters. The van der Waals surface area contributed by atoms with Gasteiger partial charge in [0, 0.05) is 24.2 Å². The number of benzene rings is 1. The fraction of sp³-hybridized carbons (Fsp3) is 0.565. The molecule has 2 aliphatic rings. The molecule has 0 amide bonds. The van der Waals surface area contributed by atoms with E-state index in [0.29, 0.717) is 23.9 Å². The minimum atomic E-state index is -0.236. The second-order valence-electron chi connectivity index (χ2n) is 7.58. The molecule has 1 N–H and O–H groups in total. The van der Waals surface area contributed by atoms with Gasteiger partial charge in [0.2, 0.25) is 0 Å². The second-order valence-corrected chi connectivity index (χ2v) is 7.97. The molecule has 0 spiro atoms. The number of unbranched alkanes of at least 4 members (excludes halogenated alkanes) is 3. The van der Waals surface area contributed by atoms with Crippen molar-refractivity contribution in [3.05, 3.63) is 35.0 Å². The Labute approximate surface area is 179 Å². The van der Waals surface area contributed by atoms with Crippen molar-refractivity contribution in [3.63, 3.8) is 0 Å². The number of carbonyl (C=O) groups excluding carboxylic acids is 1. The third-order valence-electron chi connectivity index (χ3n) is 5.65. The highest BCUT2D eigenvalue weighted by Crippen LogP contribution is 2.39. The number of ketones is 1. The summed E-state index contributed by atoms with van der Waals surface area (Å²) in [5.74, 6) is 1.64. The molecule has 0 radical (unpaired) electrons. The molecule has 0 bridgehead atoms. The third-order valence-corrected chi connectivity index (χ3v) is 5.99. The quantitative estimate of drug-likeness (QED) is 0.456. The van der Waals surface area contributed by atoms with Gasteiger partial charge in [-0.3, -0.25) is 4.79 Å². The number of thiocarbonyl (C=S) groups is 1. The Morgan fingerprint density at radius 2 is 2.00 bits per heavy atom. The van der Waals surface area contributed by atoms with Crippen molar-refractivity contribution in [3.8, 4) is 11.5 Å². The first-order valence-corrected chi connectivity index (χ1v) is 11.2. The third kappa shape index (κ3) is 4.74. The van der Waals surface area contributed by atoms with E-state index < -0.39 is 0 Å². The lowest BCUT2D eigenvalue weighted by molar-refractivity contribution is -0.116. The molecule has 0 saturated heterocycles. The van der Waals surface area contributed by atoms with Crippen molar-refractivity contribution in [1.82, 2.24) is 10.2 Å². The number of hydrogen-bond acceptors (Lipinski definition) is 4. The van der Waals surface area contributed by atoms with Gasteiger partial charge in [-0.05, 0) is 56.1 Å². The Morgan fingerprint density at radius 1 is 1.17 bits per heavy atom. The van der Waals surface area contributed by atoms with E-state index in [4.69, 9.17) is 21.7 Å². The number of hydrogen-bond donors (Lipinski definition) is 1. The van der Waals surface area contributed by atoms with Gasteiger partial charge in [-0.1, -0.05) is 32.3 Å². The average molecular weight is 417 g/mol. The van der Waals surface area contributed by atoms with Crippen LogP contribution in [0.2, 0.25) is 0 Å². The van der Waals surface area contributed by atoms with E-state index >= 15 is 0 Å². The first-order valence-electron chi connectivity index (χ1n) is 10.8. The lowest BCUT2D eigenvalue weighted by Crippen LogP contribution is -2.49. The van der Waals surface area contributed by atoms with Crippen molar-refractivity contribution in [2.75, 3.05) is 20.3 Å². The van der Waals surface area contributed by atoms with Crippen LogP contribution in [0.15, 0.2) is 29.5 Å². The zero-order chi connectivity index (χ0) is 20.8. The minimum Gasteiger partial charge on any atom is -0.493 e. The largest absolute Gasteiger partial charge is 0.493 e. The average Bonchev–Trinajstić information content (AvgIpc) is 2.73. The van der Waals surface area contributed by atoms with Gasteiger partial charge in [-0.2, -0.15) is 0 Å². The molecule has 1 heterocycles. The zero-order valence-electron chi connectivity index (χ0n) is 17.8. The molecule has 0 fully saturated rings. The highest BCUT2D eigenvalue weighted by atomic mass is 32.1. The molecule has 6 heteroatoms. The van der Waals surface area contributed by atoms with Crippen LogP contribution < -0.4 is 14.8 Å². The molecule has 3 rings (SSSR count). The van der Waals surface area contributed by atoms with Crippen LogP contribution in [0.4, 0.5) is 0 Å². The van der Waals surface area contributed by atoms with Crippen LogP contribution in [0, 0.1) is 0 Å². The molecule has 29 heavy (non-hydrogen) atoms. The van der Waals surface area contributed by atoms with Crippen LogP contribution in [-0.2, 0) is 4.79 Å². The maximum absolute atomic E-state index is 12.8. The summed E-state index contributed by atoms with van der Waals surface area (Å²) in [6.07, 6.45) is 7.02. The minimum absolute atomic E-state index is 0.208. The van der Waals surface area contributed by atoms with Crippen molar-refractivity contribution < 1.29 is 14.3 Å². The Hall–Kier alpha value is -2.08. The van der Waals surface area contributed by atoms with Crippen molar-refractivity contribution in [1.29, 1.82) is 0 Å². The number of ether oxygens (including phenoxy) is 2. The molecule has 1 aromatic carbocycles. The summed E-state index contributed by atoms with van der Waals surface area (Å²) in [5, 5.41) is 4.06. The number of methoxy groups -OCH3 is 1. The molecule has 1 aliphatic heterocycles. The van der Waals surface area contributed by atoms with E-state index in [1.165, 1.54) is 19.3 Å². The topological polar surface area (TPSA) is 50.8 Å². The van der Waals surface area contributed by atoms with Crippen molar-refractivity contribution in [2.24, 2.45) is 0 Å². The monoisotopic (exact) mass is 416 g/mol. The van der Waals surface area contributed by atoms with Crippen LogP contribution in [0.1, 0.15) is 70.4 Å². The van der Waals surface area contributed by atoms with E-state index in [1.54, 1.807) is 7.11 Å². The number of rotatable bonds is 9. The summed E-state index contributed by atoms with van der Waals surface area (Å²) in [4.78, 5) is 14.9. The molecule has 0 aromatic heterocycles. The lowest BCUT2D eigenvalue weighted by Gasteiger charge is -2.40. The maximum atomic E-state index is 12.8. The first-order chi connectivity index (χ1) is 14.1. The fourth-order valence-corrected chi connectivity index (χ4v) is 4.49. The Morgan fingerprint density at radius 3 is 2.72 bits per heavy atom. The molecule has 1 atom stereocenters. The van der Waals surface area contributed by atoms with Crippen molar-refractivity contribution >= 4 is 23.1 Å². The van der Waals surface area contributed by atoms with Crippen LogP contribution in [0.25, 0.3) is 0 Å². The zero-order valence-corrected chi connectivity index (χ0v) is 18.6. The molecule has 1 aliphatic carbocycles. The molecule has 158 valence electrons. The number of Topliss-reactive ketones (excluding diaryl/α,β-unsaturated/α-hetero) is 1. The van der Waals surface area contributed by atoms with Crippen LogP contribution >= 0.6 is 12.2 Å². The number of nitrogens with one attached hydrogen (secondary N) is 1. The van der Waals surface area contributed by atoms with Crippen LogP contribution in [0.3, 0.4) is 0 Å². The van der Waals surface area contributed by atoms with Gasteiger partial charge in [-0.25, -0.2) is 0 Å². The highest BCUT2D eigenvalue weighted by molar-refractivity contribution is 7.80. The van der Waals surface area contributed by atoms with E-state index in [9.17, 15) is 4.79 Å². The van der Waals surface area contributed by atoms with Gasteiger partial charge >= 0.3 is 0 Å². The summed E-state index contributed by atoms with van der Waals surface area (Å²) in [5.41, 5.74) is 2.90. The molecule has 5 nitrogen and oxygen atoms in total. The molecular formula is C23H32N2O3S. The van der Waals surface area contributed by atoms with E-state index in [2.05, 4.69) is 24.1 Å². The summed E-state index contributed by atoms with van der Waals surface area (Å²) in [6.45, 7) is 5.71. The van der Waals surface area contributed by atoms with E-state index in [1.807, 2.05) is 18.2 Å². The Bertz CT molecular complexity index is 790. The number of nitrogens with zero attached hydrogens (tertiary/aromatic N) is 1. The Kier molecular flexibility index (Phi) is 7.53. The predicted molar refractivity (Wildman–Crippen MR) is 119 cm³/mol. The van der Waals surface area contributed by atoms with Gasteiger partial charge in [0.25, 0.3) is 0 Å². The summed E-state index contributed by atoms with van der Waals surface area (Å²) < 4.78 is 11.5. The molecule has 1 aromatic rings. The summed E-state index contributed by atoms with van der Waals surface area (Å²) in [6, 6.07) is 5.69. The fourth-order valence-electron chi connectivity index (χ4n) is 4.13. The predicted octanol–water partition coefficient (Wildman–Crippen LogP) is 4.91. The summed E-state index contributed by atoms with van der Waals surface area (Å²) >= 11 is 5.60. The molecule has 0 saturated carbocycles. The number of allylic oxidation sites excluding steroid dienone is 1. The summed E-state index contributed by atoms with van der Waals surface area (Å²) in [7, 11) is 1.65.